The van der Waals surface area contributed by atoms with Crippen molar-refractivity contribution in [1.29, 1.82) is 0 Å². The average molecular weight is 505 g/mol. The summed E-state index contributed by atoms with van der Waals surface area (Å²) in [6.07, 6.45) is -0.327. The van der Waals surface area contributed by atoms with E-state index in [9.17, 15) is 28.8 Å². The van der Waals surface area contributed by atoms with Crippen molar-refractivity contribution in [2.45, 2.75) is 24.7 Å². The van der Waals surface area contributed by atoms with Gasteiger partial charge in [-0.15, -0.1) is 0 Å². The number of nitrogen functional groups attached to an aromatic ring is 1. The first-order valence-electron chi connectivity index (χ1n) is 8.26. The third-order valence-electron chi connectivity index (χ3n) is 4.38. The van der Waals surface area contributed by atoms with Gasteiger partial charge in [0.15, 0.2) is 11.5 Å². The summed E-state index contributed by atoms with van der Waals surface area (Å²) in [5.74, 6) is -0.859. The minimum Gasteiger partial charge on any atom is -0.390 e. The summed E-state index contributed by atoms with van der Waals surface area (Å²) < 4.78 is 47.0. The molecule has 0 spiro atoms. The quantitative estimate of drug-likeness (QED) is 0.213. The molecule has 17 nitrogen and oxygen atoms in total. The van der Waals surface area contributed by atoms with Crippen LogP contribution in [0, 0.1) is 5.92 Å². The standard InChI is InChI=1S/C11H18N5O12P3/c12-10-7-11(14-3-13-10)16(4-15-7)6-1-5(8(17)9(6)18)2-26-30(22,23)28-31(24,25)27-29(19,20)21/h3-6,8-9,17-18H,1-2H2,(H,22,23)(H,24,25)(H2,12,13,14)(H2,19,20,21)/t5-,6-,8-,9+/m1/s1. The van der Waals surface area contributed by atoms with Crippen molar-refractivity contribution in [3.8, 4) is 0 Å². The molecule has 2 aromatic heterocycles. The molecule has 2 unspecified atom stereocenters. The van der Waals surface area contributed by atoms with E-state index >= 15 is 0 Å². The summed E-state index contributed by atoms with van der Waals surface area (Å²) in [6.45, 7) is -0.734. The second-order valence-corrected chi connectivity index (χ2v) is 10.9. The van der Waals surface area contributed by atoms with Crippen molar-refractivity contribution in [2.24, 2.45) is 5.92 Å². The Morgan fingerprint density at radius 3 is 2.35 bits per heavy atom. The molecule has 1 fully saturated rings. The number of hydrogen-bond acceptors (Lipinski definition) is 12. The van der Waals surface area contributed by atoms with Crippen LogP contribution >= 0.6 is 23.5 Å². The molecular formula is C11H18N5O12P3. The lowest BCUT2D eigenvalue weighted by molar-refractivity contribution is -0.00372. The lowest BCUT2D eigenvalue weighted by Gasteiger charge is -2.19. The number of phosphoric ester groups is 1. The van der Waals surface area contributed by atoms with Gasteiger partial charge in [0.05, 0.1) is 25.1 Å². The summed E-state index contributed by atoms with van der Waals surface area (Å²) in [6, 6.07) is -0.788. The van der Waals surface area contributed by atoms with Gasteiger partial charge in [-0.2, -0.15) is 8.62 Å². The van der Waals surface area contributed by atoms with Crippen LogP contribution in [0.4, 0.5) is 5.82 Å². The zero-order valence-corrected chi connectivity index (χ0v) is 17.9. The van der Waals surface area contributed by atoms with E-state index in [1.165, 1.54) is 17.2 Å². The second kappa shape index (κ2) is 8.56. The molecule has 1 saturated carbocycles. The van der Waals surface area contributed by atoms with Crippen LogP contribution in [0.1, 0.15) is 12.5 Å². The van der Waals surface area contributed by atoms with Gasteiger partial charge in [0.1, 0.15) is 17.9 Å². The molecule has 0 saturated heterocycles. The maximum Gasteiger partial charge on any atom is 0.490 e. The van der Waals surface area contributed by atoms with E-state index in [4.69, 9.17) is 20.4 Å². The van der Waals surface area contributed by atoms with Crippen LogP contribution in [-0.4, -0.2) is 68.1 Å². The molecule has 0 bridgehead atoms. The van der Waals surface area contributed by atoms with Gasteiger partial charge in [-0.3, -0.25) is 4.52 Å². The SMILES string of the molecule is Nc1ncnc2c1ncn2[C@@H]1C[C@H](COP(=O)(O)OP(=O)(O)OP(=O)(O)O)[C@@H](O)[C@H]1O. The fraction of sp³-hybridized carbons (Fsp3) is 0.545. The topological polar surface area (TPSA) is 270 Å². The molecule has 0 radical (unpaired) electrons. The molecule has 3 rings (SSSR count). The lowest BCUT2D eigenvalue weighted by atomic mass is 10.1. The van der Waals surface area contributed by atoms with E-state index in [1.807, 2.05) is 0 Å². The number of nitrogens with two attached hydrogens (primary N) is 1. The Balaban J connectivity index is 1.69. The molecule has 1 aliphatic rings. The fourth-order valence-electron chi connectivity index (χ4n) is 3.15. The number of phosphoric acid groups is 3. The Morgan fingerprint density at radius 2 is 1.71 bits per heavy atom. The van der Waals surface area contributed by atoms with Crippen LogP contribution in [0.15, 0.2) is 12.7 Å². The highest BCUT2D eigenvalue weighted by molar-refractivity contribution is 7.66. The van der Waals surface area contributed by atoms with Gasteiger partial charge in [-0.05, 0) is 6.42 Å². The van der Waals surface area contributed by atoms with Gasteiger partial charge < -0.3 is 40.1 Å². The molecule has 8 N–H and O–H groups in total. The average Bonchev–Trinajstić information content (AvgIpc) is 3.13. The number of hydrogen-bond donors (Lipinski definition) is 7. The lowest BCUT2D eigenvalue weighted by Crippen LogP contribution is -2.30. The largest absolute Gasteiger partial charge is 0.490 e. The number of aliphatic hydroxyl groups excluding tert-OH is 2. The van der Waals surface area contributed by atoms with Crippen LogP contribution < -0.4 is 5.73 Å². The molecule has 2 aromatic rings. The molecule has 0 aromatic carbocycles. The fourth-order valence-corrected chi connectivity index (χ4v) is 6.22. The Labute approximate surface area is 172 Å². The zero-order chi connectivity index (χ0) is 23.2. The summed E-state index contributed by atoms with van der Waals surface area (Å²) in [4.78, 5) is 47.6. The number of fused-ring (bicyclic) bond motifs is 1. The number of rotatable bonds is 8. The highest BCUT2D eigenvalue weighted by atomic mass is 31.3. The van der Waals surface area contributed by atoms with Crippen molar-refractivity contribution in [3.63, 3.8) is 0 Å². The maximum absolute atomic E-state index is 11.8. The summed E-state index contributed by atoms with van der Waals surface area (Å²) >= 11 is 0. The van der Waals surface area contributed by atoms with Crippen LogP contribution in [0.3, 0.4) is 0 Å². The molecule has 1 aliphatic carbocycles. The second-order valence-electron chi connectivity index (χ2n) is 6.51. The molecular weight excluding hydrogens is 487 g/mol. The summed E-state index contributed by atoms with van der Waals surface area (Å²) in [5.41, 5.74) is 6.25. The summed E-state index contributed by atoms with van der Waals surface area (Å²) in [7, 11) is -16.5. The van der Waals surface area contributed by atoms with Gasteiger partial charge >= 0.3 is 23.5 Å². The van der Waals surface area contributed by atoms with Gasteiger partial charge in [-0.25, -0.2) is 28.6 Å². The van der Waals surface area contributed by atoms with E-state index in [1.54, 1.807) is 0 Å². The first-order chi connectivity index (χ1) is 14.2. The molecule has 20 heteroatoms. The Kier molecular flexibility index (Phi) is 6.71. The first kappa shape index (κ1) is 24.3. The van der Waals surface area contributed by atoms with Crippen LogP contribution in [-0.2, 0) is 26.8 Å². The number of anilines is 1. The van der Waals surface area contributed by atoms with E-state index < -0.39 is 54.2 Å². The summed E-state index contributed by atoms with van der Waals surface area (Å²) in [5, 5.41) is 20.7. The van der Waals surface area contributed by atoms with E-state index in [0.717, 1.165) is 0 Å². The van der Waals surface area contributed by atoms with Crippen LogP contribution in [0.5, 0.6) is 0 Å². The van der Waals surface area contributed by atoms with E-state index in [2.05, 4.69) is 28.1 Å². The first-order valence-corrected chi connectivity index (χ1v) is 12.8. The monoisotopic (exact) mass is 505 g/mol. The van der Waals surface area contributed by atoms with Gasteiger partial charge in [0.25, 0.3) is 0 Å². The normalized spacial score (nSPS) is 28.5. The predicted molar refractivity (Wildman–Crippen MR) is 98.7 cm³/mol. The minimum absolute atomic E-state index is 0.00648. The Bertz CT molecular complexity index is 1110. The Hall–Kier alpha value is -1.32. The molecule has 31 heavy (non-hydrogen) atoms. The highest BCUT2D eigenvalue weighted by Gasteiger charge is 2.46. The minimum atomic E-state index is -5.66. The van der Waals surface area contributed by atoms with Crippen molar-refractivity contribution >= 4 is 40.4 Å². The van der Waals surface area contributed by atoms with Crippen molar-refractivity contribution < 1.29 is 56.6 Å². The Morgan fingerprint density at radius 1 is 1.03 bits per heavy atom. The molecule has 6 atom stereocenters. The number of imidazole rings is 1. The van der Waals surface area contributed by atoms with E-state index in [0.29, 0.717) is 0 Å². The van der Waals surface area contributed by atoms with Crippen molar-refractivity contribution in [2.75, 3.05) is 12.3 Å². The van der Waals surface area contributed by atoms with Crippen LogP contribution in [0.25, 0.3) is 11.2 Å². The van der Waals surface area contributed by atoms with Gasteiger partial charge in [0, 0.05) is 5.92 Å². The smallest absolute Gasteiger partial charge is 0.390 e. The third kappa shape index (κ3) is 5.73. The predicted octanol–water partition coefficient (Wildman–Crippen LogP) is -0.965. The maximum atomic E-state index is 11.8. The molecule has 0 aliphatic heterocycles. The zero-order valence-electron chi connectivity index (χ0n) is 15.2. The number of nitrogens with zero attached hydrogens (tertiary/aromatic N) is 4. The van der Waals surface area contributed by atoms with E-state index in [-0.39, 0.29) is 23.4 Å². The number of aromatic nitrogens is 4. The van der Waals surface area contributed by atoms with Crippen molar-refractivity contribution in [3.05, 3.63) is 12.7 Å². The van der Waals surface area contributed by atoms with Crippen molar-refractivity contribution in [1.82, 2.24) is 19.5 Å². The number of aliphatic hydroxyl groups is 2. The van der Waals surface area contributed by atoms with Crippen LogP contribution in [0.2, 0.25) is 0 Å². The molecule has 0 amide bonds. The third-order valence-corrected chi connectivity index (χ3v) is 8.19. The molecule has 2 heterocycles. The molecule has 174 valence electrons. The van der Waals surface area contributed by atoms with Gasteiger partial charge in [0.2, 0.25) is 0 Å². The van der Waals surface area contributed by atoms with Gasteiger partial charge in [-0.1, -0.05) is 0 Å². The highest BCUT2D eigenvalue weighted by Crippen LogP contribution is 2.66.